The summed E-state index contributed by atoms with van der Waals surface area (Å²) in [6.45, 7) is 4.20. The van der Waals surface area contributed by atoms with Crippen molar-refractivity contribution < 1.29 is 9.59 Å². The van der Waals surface area contributed by atoms with Crippen LogP contribution >= 0.6 is 0 Å². The van der Waals surface area contributed by atoms with Crippen molar-refractivity contribution in [1.82, 2.24) is 20.7 Å². The van der Waals surface area contributed by atoms with Crippen LogP contribution in [0.2, 0.25) is 0 Å². The zero-order valence-corrected chi connectivity index (χ0v) is 16.1. The van der Waals surface area contributed by atoms with Gasteiger partial charge in [-0.05, 0) is 43.4 Å². The third-order valence-electron chi connectivity index (χ3n) is 5.90. The second-order valence-electron chi connectivity index (χ2n) is 7.79. The van der Waals surface area contributed by atoms with Crippen molar-refractivity contribution >= 4 is 11.7 Å². The molecule has 146 valence electrons. The van der Waals surface area contributed by atoms with Crippen molar-refractivity contribution in [2.75, 3.05) is 19.6 Å². The van der Waals surface area contributed by atoms with E-state index in [1.165, 1.54) is 17.3 Å². The molecule has 2 fully saturated rings. The highest BCUT2D eigenvalue weighted by atomic mass is 16.2. The van der Waals surface area contributed by atoms with Gasteiger partial charge in [-0.15, -0.1) is 0 Å². The summed E-state index contributed by atoms with van der Waals surface area (Å²) in [6.07, 6.45) is 5.02. The molecule has 3 heterocycles. The molecule has 6 nitrogen and oxygen atoms in total. The largest absolute Gasteiger partial charge is 0.335 e. The van der Waals surface area contributed by atoms with Gasteiger partial charge in [-0.2, -0.15) is 0 Å². The lowest BCUT2D eigenvalue weighted by Gasteiger charge is -2.37. The molecule has 2 saturated heterocycles. The van der Waals surface area contributed by atoms with Crippen molar-refractivity contribution in [2.45, 2.75) is 31.7 Å². The molecular formula is C22H26N4O2. The average Bonchev–Trinajstić information content (AvgIpc) is 3.24. The van der Waals surface area contributed by atoms with E-state index in [2.05, 4.69) is 47.0 Å². The van der Waals surface area contributed by atoms with Gasteiger partial charge in [-0.3, -0.25) is 25.4 Å². The first kappa shape index (κ1) is 18.8. The molecule has 6 heteroatoms. The highest BCUT2D eigenvalue weighted by Gasteiger charge is 2.38. The first-order chi connectivity index (χ1) is 13.6. The molecule has 0 bridgehead atoms. The molecule has 2 aliphatic rings. The average molecular weight is 378 g/mol. The van der Waals surface area contributed by atoms with Crippen molar-refractivity contribution in [3.8, 4) is 0 Å². The molecular weight excluding hydrogens is 352 g/mol. The Morgan fingerprint density at radius 2 is 2.00 bits per heavy atom. The van der Waals surface area contributed by atoms with Gasteiger partial charge < -0.3 is 4.90 Å². The minimum Gasteiger partial charge on any atom is -0.335 e. The van der Waals surface area contributed by atoms with Crippen LogP contribution in [-0.2, 0) is 4.79 Å². The molecule has 1 aromatic carbocycles. The molecule has 0 spiro atoms. The number of nitrogens with zero attached hydrogens (tertiary/aromatic N) is 2. The predicted octanol–water partition coefficient (Wildman–Crippen LogP) is 2.07. The Balaban J connectivity index is 1.46. The van der Waals surface area contributed by atoms with Crippen molar-refractivity contribution in [3.63, 3.8) is 0 Å². The lowest BCUT2D eigenvalue weighted by molar-refractivity contribution is -0.128. The van der Waals surface area contributed by atoms with E-state index in [0.717, 1.165) is 19.4 Å². The van der Waals surface area contributed by atoms with Gasteiger partial charge in [0.1, 0.15) is 0 Å². The Morgan fingerprint density at radius 1 is 1.18 bits per heavy atom. The van der Waals surface area contributed by atoms with Crippen LogP contribution < -0.4 is 10.9 Å². The molecule has 2 aliphatic heterocycles. The van der Waals surface area contributed by atoms with Crippen LogP contribution in [0.25, 0.3) is 0 Å². The summed E-state index contributed by atoms with van der Waals surface area (Å²) in [5, 5.41) is 0. The quantitative estimate of drug-likeness (QED) is 0.629. The first-order valence-electron chi connectivity index (χ1n) is 9.92. The summed E-state index contributed by atoms with van der Waals surface area (Å²) in [6, 6.07) is 12.2. The van der Waals surface area contributed by atoms with Crippen molar-refractivity contribution in [3.05, 3.63) is 65.5 Å². The zero-order chi connectivity index (χ0) is 19.5. The number of carbonyl (C=O) groups excluding carboxylic acids is 2. The molecule has 4 rings (SSSR count). The van der Waals surface area contributed by atoms with Crippen LogP contribution in [0.1, 0.15) is 40.2 Å². The number of nitrogens with one attached hydrogen (secondary N) is 2. The molecule has 3 unspecified atom stereocenters. The third-order valence-corrected chi connectivity index (χ3v) is 5.90. The van der Waals surface area contributed by atoms with E-state index in [9.17, 15) is 9.59 Å². The lowest BCUT2D eigenvalue weighted by Crippen LogP contribution is -2.49. The SMILES string of the molecule is Cc1ccc(C2CNNC2C2CCCN(C(=O)C(=O)c3cccnc3)C2)cc1. The molecule has 0 aliphatic carbocycles. The number of hydrogen-bond acceptors (Lipinski definition) is 5. The van der Waals surface area contributed by atoms with Crippen LogP contribution in [0.3, 0.4) is 0 Å². The van der Waals surface area contributed by atoms with Gasteiger partial charge in [-0.25, -0.2) is 0 Å². The number of hydrogen-bond donors (Lipinski definition) is 2. The fraction of sp³-hybridized carbons (Fsp3) is 0.409. The Bertz CT molecular complexity index is 837. The monoisotopic (exact) mass is 378 g/mol. The molecule has 1 aromatic heterocycles. The number of carbonyl (C=O) groups is 2. The van der Waals surface area contributed by atoms with E-state index in [-0.39, 0.29) is 6.04 Å². The van der Waals surface area contributed by atoms with Gasteiger partial charge >= 0.3 is 0 Å². The van der Waals surface area contributed by atoms with Crippen LogP contribution in [0.4, 0.5) is 0 Å². The Kier molecular flexibility index (Phi) is 5.50. The van der Waals surface area contributed by atoms with E-state index >= 15 is 0 Å². The first-order valence-corrected chi connectivity index (χ1v) is 9.92. The fourth-order valence-corrected chi connectivity index (χ4v) is 4.35. The zero-order valence-electron chi connectivity index (χ0n) is 16.1. The maximum atomic E-state index is 12.8. The van der Waals surface area contributed by atoms with Crippen LogP contribution in [0, 0.1) is 12.8 Å². The van der Waals surface area contributed by atoms with E-state index in [4.69, 9.17) is 0 Å². The maximum absolute atomic E-state index is 12.8. The number of likely N-dealkylation sites (tertiary alicyclic amines) is 1. The summed E-state index contributed by atoms with van der Waals surface area (Å²) in [7, 11) is 0. The number of amides is 1. The number of piperidine rings is 1. The molecule has 3 atom stereocenters. The molecule has 28 heavy (non-hydrogen) atoms. The smallest absolute Gasteiger partial charge is 0.295 e. The number of aromatic nitrogens is 1. The minimum absolute atomic E-state index is 0.242. The summed E-state index contributed by atoms with van der Waals surface area (Å²) in [5.74, 6) is -0.229. The predicted molar refractivity (Wildman–Crippen MR) is 107 cm³/mol. The van der Waals surface area contributed by atoms with Crippen molar-refractivity contribution in [1.29, 1.82) is 0 Å². The number of aryl methyl sites for hydroxylation is 1. The Hall–Kier alpha value is -2.57. The van der Waals surface area contributed by atoms with Gasteiger partial charge in [0.05, 0.1) is 0 Å². The second-order valence-corrected chi connectivity index (χ2v) is 7.79. The van der Waals surface area contributed by atoms with Gasteiger partial charge in [0.2, 0.25) is 0 Å². The topological polar surface area (TPSA) is 74.3 Å². The standard InChI is InChI=1S/C22H26N4O2/c1-15-6-8-16(9-7-15)19-13-24-25-20(19)18-5-3-11-26(14-18)22(28)21(27)17-4-2-10-23-12-17/h2,4,6-10,12,18-20,24-25H,3,5,11,13-14H2,1H3. The number of Topliss-reactive ketones (excluding diaryl/α,β-unsaturated/α-hetero) is 1. The molecule has 2 aromatic rings. The van der Waals surface area contributed by atoms with Crippen LogP contribution in [-0.4, -0.2) is 47.3 Å². The fourth-order valence-electron chi connectivity index (χ4n) is 4.35. The molecule has 0 saturated carbocycles. The number of benzene rings is 1. The summed E-state index contributed by atoms with van der Waals surface area (Å²) < 4.78 is 0. The van der Waals surface area contributed by atoms with Gasteiger partial charge in [-0.1, -0.05) is 29.8 Å². The highest BCUT2D eigenvalue weighted by Crippen LogP contribution is 2.32. The molecule has 1 amide bonds. The van der Waals surface area contributed by atoms with Crippen molar-refractivity contribution in [2.24, 2.45) is 5.92 Å². The lowest BCUT2D eigenvalue weighted by atomic mass is 9.81. The summed E-state index contributed by atoms with van der Waals surface area (Å²) in [4.78, 5) is 31.0. The second kappa shape index (κ2) is 8.20. The number of hydrazine groups is 1. The van der Waals surface area contributed by atoms with E-state index < -0.39 is 11.7 Å². The van der Waals surface area contributed by atoms with Gasteiger partial charge in [0.25, 0.3) is 11.7 Å². The summed E-state index contributed by atoms with van der Waals surface area (Å²) in [5.41, 5.74) is 9.64. The maximum Gasteiger partial charge on any atom is 0.295 e. The highest BCUT2D eigenvalue weighted by molar-refractivity contribution is 6.42. The van der Waals surface area contributed by atoms with Gasteiger partial charge in [0.15, 0.2) is 0 Å². The van der Waals surface area contributed by atoms with Gasteiger partial charge in [0, 0.05) is 49.6 Å². The van der Waals surface area contributed by atoms with Crippen LogP contribution in [0.15, 0.2) is 48.8 Å². The number of pyridine rings is 1. The van der Waals surface area contributed by atoms with E-state index in [1.807, 2.05) is 0 Å². The van der Waals surface area contributed by atoms with E-state index in [0.29, 0.717) is 30.5 Å². The Morgan fingerprint density at radius 3 is 2.75 bits per heavy atom. The number of rotatable bonds is 4. The molecule has 0 radical (unpaired) electrons. The summed E-state index contributed by atoms with van der Waals surface area (Å²) >= 11 is 0. The normalized spacial score (nSPS) is 24.9. The van der Waals surface area contributed by atoms with Crippen LogP contribution in [0.5, 0.6) is 0 Å². The molecule has 2 N–H and O–H groups in total. The number of ketones is 1. The van der Waals surface area contributed by atoms with E-state index in [1.54, 1.807) is 23.2 Å². The minimum atomic E-state index is -0.471. The Labute approximate surface area is 165 Å². The third kappa shape index (κ3) is 3.84.